The summed E-state index contributed by atoms with van der Waals surface area (Å²) in [5, 5.41) is 9.01. The molecule has 4 rings (SSSR count). The molecule has 1 heterocycles. The van der Waals surface area contributed by atoms with Crippen molar-refractivity contribution in [1.29, 1.82) is 5.26 Å². The van der Waals surface area contributed by atoms with Gasteiger partial charge in [0, 0.05) is 13.0 Å². The van der Waals surface area contributed by atoms with Crippen LogP contribution in [0.5, 0.6) is 11.5 Å². The van der Waals surface area contributed by atoms with Gasteiger partial charge in [-0.25, -0.2) is 8.42 Å². The van der Waals surface area contributed by atoms with E-state index >= 15 is 0 Å². The Hall–Kier alpha value is -2.56. The van der Waals surface area contributed by atoms with Crippen molar-refractivity contribution in [2.75, 3.05) is 20.5 Å². The van der Waals surface area contributed by atoms with Crippen molar-refractivity contribution in [3.8, 4) is 17.6 Å². The van der Waals surface area contributed by atoms with Crippen molar-refractivity contribution in [3.05, 3.63) is 53.6 Å². The topological polar surface area (TPSA) is 85.6 Å². The van der Waals surface area contributed by atoms with Crippen LogP contribution in [0.3, 0.4) is 0 Å². The molecule has 140 valence electrons. The molecule has 3 atom stereocenters. The minimum atomic E-state index is -3.71. The molecular formula is C20H19NO5S. The van der Waals surface area contributed by atoms with Crippen LogP contribution in [0.4, 0.5) is 0 Å². The summed E-state index contributed by atoms with van der Waals surface area (Å²) in [6, 6.07) is 14.2. The normalized spacial score (nSPS) is 25.8. The zero-order valence-corrected chi connectivity index (χ0v) is 15.8. The summed E-state index contributed by atoms with van der Waals surface area (Å²) in [5.41, 5.74) is 0.575. The van der Waals surface area contributed by atoms with Crippen molar-refractivity contribution in [3.63, 3.8) is 0 Å². The van der Waals surface area contributed by atoms with E-state index in [0.717, 1.165) is 11.1 Å². The van der Waals surface area contributed by atoms with Crippen LogP contribution in [-0.4, -0.2) is 34.2 Å². The number of nitrogens with zero attached hydrogens (tertiary/aromatic N) is 1. The molecule has 1 aliphatic carbocycles. The van der Waals surface area contributed by atoms with Crippen LogP contribution >= 0.6 is 0 Å². The van der Waals surface area contributed by atoms with Crippen LogP contribution in [0.2, 0.25) is 0 Å². The Morgan fingerprint density at radius 1 is 1.19 bits per heavy atom. The zero-order chi connectivity index (χ0) is 19.2. The minimum Gasteiger partial charge on any atom is -0.454 e. The molecule has 2 aromatic carbocycles. The van der Waals surface area contributed by atoms with Gasteiger partial charge in [-0.3, -0.25) is 0 Å². The molecule has 27 heavy (non-hydrogen) atoms. The summed E-state index contributed by atoms with van der Waals surface area (Å²) in [6.07, 6.45) is 0. The summed E-state index contributed by atoms with van der Waals surface area (Å²) >= 11 is 0. The molecule has 0 aromatic heterocycles. The van der Waals surface area contributed by atoms with E-state index in [4.69, 9.17) is 14.2 Å². The lowest BCUT2D eigenvalue weighted by molar-refractivity contribution is 0.162. The highest BCUT2D eigenvalue weighted by Crippen LogP contribution is 2.64. The van der Waals surface area contributed by atoms with Crippen LogP contribution in [-0.2, 0) is 14.6 Å². The first-order chi connectivity index (χ1) is 12.9. The van der Waals surface area contributed by atoms with E-state index in [1.54, 1.807) is 42.5 Å². The fourth-order valence-corrected chi connectivity index (χ4v) is 6.20. The summed E-state index contributed by atoms with van der Waals surface area (Å²) in [7, 11) is -2.23. The van der Waals surface area contributed by atoms with E-state index in [0.29, 0.717) is 11.5 Å². The van der Waals surface area contributed by atoms with Gasteiger partial charge in [0.15, 0.2) is 21.3 Å². The predicted molar refractivity (Wildman–Crippen MR) is 97.4 cm³/mol. The third-order valence-electron chi connectivity index (χ3n) is 5.29. The summed E-state index contributed by atoms with van der Waals surface area (Å²) < 4.78 is 42.6. The highest BCUT2D eigenvalue weighted by atomic mass is 32.2. The first-order valence-corrected chi connectivity index (χ1v) is 10.1. The van der Waals surface area contributed by atoms with Crippen LogP contribution in [0, 0.1) is 23.7 Å². The van der Waals surface area contributed by atoms with Gasteiger partial charge in [-0.1, -0.05) is 23.8 Å². The molecule has 0 saturated heterocycles. The number of ether oxygens (including phenoxy) is 3. The molecule has 6 nitrogen and oxygen atoms in total. The van der Waals surface area contributed by atoms with Crippen molar-refractivity contribution < 1.29 is 22.6 Å². The monoisotopic (exact) mass is 385 g/mol. The first-order valence-electron chi connectivity index (χ1n) is 8.54. The van der Waals surface area contributed by atoms with Gasteiger partial charge in [0.25, 0.3) is 0 Å². The van der Waals surface area contributed by atoms with Crippen molar-refractivity contribution in [2.45, 2.75) is 23.0 Å². The molecule has 0 amide bonds. The third kappa shape index (κ3) is 2.68. The molecule has 2 aliphatic rings. The lowest BCUT2D eigenvalue weighted by atomic mass is 10.0. The first kappa shape index (κ1) is 17.8. The van der Waals surface area contributed by atoms with Gasteiger partial charge in [0.2, 0.25) is 6.79 Å². The molecule has 2 aromatic rings. The molecule has 1 aliphatic heterocycles. The molecule has 0 unspecified atom stereocenters. The summed E-state index contributed by atoms with van der Waals surface area (Å²) in [6.45, 7) is 2.07. The van der Waals surface area contributed by atoms with Crippen LogP contribution < -0.4 is 9.47 Å². The van der Waals surface area contributed by atoms with Gasteiger partial charge in [0.1, 0.15) is 5.41 Å². The number of rotatable bonds is 5. The fourth-order valence-electron chi connectivity index (χ4n) is 3.89. The van der Waals surface area contributed by atoms with E-state index in [1.165, 1.54) is 7.11 Å². The average Bonchev–Trinajstić information content (AvgIpc) is 3.10. The number of methoxy groups -OCH3 is 1. The quantitative estimate of drug-likeness (QED) is 0.787. The molecule has 1 saturated carbocycles. The average molecular weight is 385 g/mol. The Morgan fingerprint density at radius 3 is 2.56 bits per heavy atom. The number of benzene rings is 2. The van der Waals surface area contributed by atoms with E-state index in [-0.39, 0.29) is 18.3 Å². The lowest BCUT2D eigenvalue weighted by Crippen LogP contribution is -2.19. The maximum Gasteiger partial charge on any atom is 0.231 e. The summed E-state index contributed by atoms with van der Waals surface area (Å²) in [5.74, 6) is 0.685. The van der Waals surface area contributed by atoms with Crippen LogP contribution in [0.1, 0.15) is 17.0 Å². The second kappa shape index (κ2) is 6.25. The number of aryl methyl sites for hydroxylation is 1. The van der Waals surface area contributed by atoms with Crippen molar-refractivity contribution in [1.82, 2.24) is 0 Å². The lowest BCUT2D eigenvalue weighted by Gasteiger charge is -2.08. The van der Waals surface area contributed by atoms with E-state index in [2.05, 4.69) is 6.07 Å². The predicted octanol–water partition coefficient (Wildman–Crippen LogP) is 2.82. The maximum atomic E-state index is 13.3. The minimum absolute atomic E-state index is 0.0400. The van der Waals surface area contributed by atoms with Gasteiger partial charge in [0.05, 0.1) is 22.8 Å². The van der Waals surface area contributed by atoms with E-state index < -0.39 is 26.4 Å². The fraction of sp³-hybridized carbons (Fsp3) is 0.350. The Kier molecular flexibility index (Phi) is 4.13. The smallest absolute Gasteiger partial charge is 0.231 e. The largest absolute Gasteiger partial charge is 0.454 e. The molecular weight excluding hydrogens is 366 g/mol. The van der Waals surface area contributed by atoms with Gasteiger partial charge in [-0.15, -0.1) is 0 Å². The molecule has 0 radical (unpaired) electrons. The van der Waals surface area contributed by atoms with Crippen LogP contribution in [0.25, 0.3) is 0 Å². The van der Waals surface area contributed by atoms with Gasteiger partial charge in [-0.2, -0.15) is 5.26 Å². The van der Waals surface area contributed by atoms with E-state index in [9.17, 15) is 13.7 Å². The Balaban J connectivity index is 1.78. The third-order valence-corrected chi connectivity index (χ3v) is 7.58. The molecule has 0 spiro atoms. The molecule has 0 bridgehead atoms. The van der Waals surface area contributed by atoms with Gasteiger partial charge >= 0.3 is 0 Å². The Labute approximate surface area is 158 Å². The molecule has 1 fully saturated rings. The van der Waals surface area contributed by atoms with Crippen molar-refractivity contribution in [2.24, 2.45) is 5.41 Å². The number of fused-ring (bicyclic) bond motifs is 1. The number of hydrogen-bond acceptors (Lipinski definition) is 6. The zero-order valence-electron chi connectivity index (χ0n) is 15.0. The number of hydrogen-bond donors (Lipinski definition) is 0. The standard InChI is InChI=1S/C20H19NO5S/c1-13-3-6-15(7-4-13)27(22,23)19-18(20(19,10-21)11-24-2)14-5-8-16-17(9-14)26-12-25-16/h3-9,18-19H,11-12H2,1-2H3/t18-,19-,20+/m0/s1. The highest BCUT2D eigenvalue weighted by Gasteiger charge is 2.72. The Bertz CT molecular complexity index is 1030. The summed E-state index contributed by atoms with van der Waals surface area (Å²) in [4.78, 5) is 0.220. The second-order valence-electron chi connectivity index (χ2n) is 6.95. The van der Waals surface area contributed by atoms with E-state index in [1.807, 2.05) is 6.92 Å². The van der Waals surface area contributed by atoms with Crippen LogP contribution in [0.15, 0.2) is 47.4 Å². The second-order valence-corrected chi connectivity index (χ2v) is 9.02. The van der Waals surface area contributed by atoms with Crippen molar-refractivity contribution >= 4 is 9.84 Å². The molecule has 7 heteroatoms. The Morgan fingerprint density at radius 2 is 1.89 bits per heavy atom. The van der Waals surface area contributed by atoms with Gasteiger partial charge < -0.3 is 14.2 Å². The number of nitriles is 1. The highest BCUT2D eigenvalue weighted by molar-refractivity contribution is 7.92. The molecule has 0 N–H and O–H groups in total. The number of sulfone groups is 1. The maximum absolute atomic E-state index is 13.3. The van der Waals surface area contributed by atoms with Gasteiger partial charge in [-0.05, 0) is 36.8 Å². The SMILES string of the molecule is COC[C@]1(C#N)[C@@H](c2ccc3c(c2)OCO3)[C@@H]1S(=O)(=O)c1ccc(C)cc1.